The minimum atomic E-state index is 0.0449. The number of hydrogen-bond acceptors (Lipinski definition) is 3. The van der Waals surface area contributed by atoms with Gasteiger partial charge < -0.3 is 9.94 Å². The van der Waals surface area contributed by atoms with Crippen LogP contribution >= 0.6 is 22.6 Å². The molecular weight excluding hydrogens is 449 g/mol. The molecule has 3 nitrogen and oxygen atoms in total. The van der Waals surface area contributed by atoms with E-state index in [2.05, 4.69) is 54.2 Å². The van der Waals surface area contributed by atoms with Gasteiger partial charge in [-0.3, -0.25) is 0 Å². The quantitative estimate of drug-likeness (QED) is 0.225. The summed E-state index contributed by atoms with van der Waals surface area (Å²) in [5, 5.41) is 12.7. The Labute approximate surface area is 177 Å². The fourth-order valence-electron chi connectivity index (χ4n) is 7.55. The van der Waals surface area contributed by atoms with E-state index in [4.69, 9.17) is 4.74 Å². The average Bonchev–Trinajstić information content (AvgIpc) is 3.00. The van der Waals surface area contributed by atoms with Crippen LogP contribution in [0.1, 0.15) is 65.2 Å². The molecular formula is C23H34INO2. The van der Waals surface area contributed by atoms with Gasteiger partial charge in [0.1, 0.15) is 0 Å². The molecule has 0 spiro atoms. The van der Waals surface area contributed by atoms with Crippen molar-refractivity contribution < 1.29 is 9.94 Å². The molecule has 3 fully saturated rings. The summed E-state index contributed by atoms with van der Waals surface area (Å²) in [7, 11) is 0. The SMILES string of the molecule is C=C1CC2C(CC[C@@]3(CC)C2CCC3(C)OCCI)C2CC/C(=N\O)C=C12. The van der Waals surface area contributed by atoms with Crippen molar-refractivity contribution in [2.45, 2.75) is 70.8 Å². The van der Waals surface area contributed by atoms with Gasteiger partial charge in [-0.25, -0.2) is 0 Å². The van der Waals surface area contributed by atoms with Crippen LogP contribution in [0.4, 0.5) is 0 Å². The normalized spacial score (nSPS) is 45.2. The maximum atomic E-state index is 9.22. The van der Waals surface area contributed by atoms with Gasteiger partial charge in [0.15, 0.2) is 0 Å². The third kappa shape index (κ3) is 2.95. The molecule has 0 saturated heterocycles. The predicted molar refractivity (Wildman–Crippen MR) is 119 cm³/mol. The lowest BCUT2D eigenvalue weighted by Gasteiger charge is -2.57. The summed E-state index contributed by atoms with van der Waals surface area (Å²) in [6, 6.07) is 0. The van der Waals surface area contributed by atoms with Gasteiger partial charge in [0, 0.05) is 9.84 Å². The molecule has 0 amide bonds. The smallest absolute Gasteiger partial charge is 0.0798 e. The van der Waals surface area contributed by atoms with Crippen LogP contribution in [0.3, 0.4) is 0 Å². The molecule has 6 atom stereocenters. The zero-order valence-electron chi connectivity index (χ0n) is 16.8. The minimum absolute atomic E-state index is 0.0449. The van der Waals surface area contributed by atoms with Gasteiger partial charge in [-0.1, -0.05) is 46.8 Å². The molecule has 150 valence electrons. The lowest BCUT2D eigenvalue weighted by Crippen LogP contribution is -2.54. The van der Waals surface area contributed by atoms with Gasteiger partial charge in [0.25, 0.3) is 0 Å². The van der Waals surface area contributed by atoms with Crippen LogP contribution in [0.25, 0.3) is 0 Å². The van der Waals surface area contributed by atoms with Crippen LogP contribution in [0.15, 0.2) is 29.0 Å². The zero-order chi connectivity index (χ0) is 19.2. The molecule has 0 aromatic carbocycles. The second-order valence-corrected chi connectivity index (χ2v) is 10.5. The van der Waals surface area contributed by atoms with Crippen LogP contribution in [0.2, 0.25) is 0 Å². The number of ether oxygens (including phenoxy) is 1. The zero-order valence-corrected chi connectivity index (χ0v) is 19.0. The molecule has 4 aliphatic rings. The van der Waals surface area contributed by atoms with Gasteiger partial charge in [0.2, 0.25) is 0 Å². The summed E-state index contributed by atoms with van der Waals surface area (Å²) in [5.41, 5.74) is 3.91. The van der Waals surface area contributed by atoms with Crippen molar-refractivity contribution in [3.05, 3.63) is 23.8 Å². The lowest BCUT2D eigenvalue weighted by atomic mass is 9.49. The number of alkyl halides is 1. The largest absolute Gasteiger partial charge is 0.411 e. The Hall–Kier alpha value is -0.360. The molecule has 0 bridgehead atoms. The number of rotatable bonds is 4. The van der Waals surface area contributed by atoms with Crippen molar-refractivity contribution in [2.75, 3.05) is 11.0 Å². The summed E-state index contributed by atoms with van der Waals surface area (Å²) in [5.74, 6) is 2.93. The van der Waals surface area contributed by atoms with E-state index in [1.165, 1.54) is 43.3 Å². The number of halogens is 1. The standard InChI is InChI=1S/C23H34INO2/c1-4-23-10-7-18-17-6-5-16(25-26)14-19(17)15(2)13-20(18)21(23)8-9-22(23,3)27-12-11-24/h14,17-18,20-21,26H,2,4-13H2,1,3H3/b25-16+/t17?,18?,20?,21?,22?,23-/m0/s1. The molecule has 27 heavy (non-hydrogen) atoms. The van der Waals surface area contributed by atoms with E-state index in [9.17, 15) is 5.21 Å². The topological polar surface area (TPSA) is 41.8 Å². The third-order valence-electron chi connectivity index (χ3n) is 8.78. The van der Waals surface area contributed by atoms with Crippen molar-refractivity contribution in [3.8, 4) is 0 Å². The van der Waals surface area contributed by atoms with Gasteiger partial charge in [-0.05, 0) is 93.6 Å². The first-order valence-corrected chi connectivity index (χ1v) is 12.3. The fraction of sp³-hybridized carbons (Fsp3) is 0.783. The fourth-order valence-corrected chi connectivity index (χ4v) is 7.77. The highest BCUT2D eigenvalue weighted by Crippen LogP contribution is 2.67. The molecule has 0 aromatic heterocycles. The van der Waals surface area contributed by atoms with Crippen molar-refractivity contribution >= 4 is 28.3 Å². The Morgan fingerprint density at radius 1 is 1.30 bits per heavy atom. The highest BCUT2D eigenvalue weighted by atomic mass is 127. The predicted octanol–water partition coefficient (Wildman–Crippen LogP) is 6.16. The van der Waals surface area contributed by atoms with Crippen molar-refractivity contribution in [1.29, 1.82) is 0 Å². The van der Waals surface area contributed by atoms with Gasteiger partial charge in [-0.15, -0.1) is 0 Å². The minimum Gasteiger partial charge on any atom is -0.411 e. The first-order valence-electron chi connectivity index (χ1n) is 10.8. The van der Waals surface area contributed by atoms with Crippen LogP contribution in [0, 0.1) is 29.1 Å². The van der Waals surface area contributed by atoms with E-state index < -0.39 is 0 Å². The lowest BCUT2D eigenvalue weighted by molar-refractivity contribution is -0.148. The number of hydrogen-bond donors (Lipinski definition) is 1. The Morgan fingerprint density at radius 3 is 2.81 bits per heavy atom. The van der Waals surface area contributed by atoms with Gasteiger partial charge in [0.05, 0.1) is 17.9 Å². The molecule has 0 radical (unpaired) electrons. The van der Waals surface area contributed by atoms with E-state index in [-0.39, 0.29) is 5.60 Å². The monoisotopic (exact) mass is 483 g/mol. The van der Waals surface area contributed by atoms with Crippen LogP contribution < -0.4 is 0 Å². The number of oxime groups is 1. The Balaban J connectivity index is 1.65. The van der Waals surface area contributed by atoms with Crippen molar-refractivity contribution in [3.63, 3.8) is 0 Å². The van der Waals surface area contributed by atoms with Crippen molar-refractivity contribution in [1.82, 2.24) is 0 Å². The summed E-state index contributed by atoms with van der Waals surface area (Å²) >= 11 is 2.43. The molecule has 3 saturated carbocycles. The molecule has 4 heteroatoms. The maximum Gasteiger partial charge on any atom is 0.0798 e. The molecule has 4 rings (SSSR count). The summed E-state index contributed by atoms with van der Waals surface area (Å²) in [6.07, 6.45) is 11.7. The molecule has 0 aliphatic heterocycles. The highest BCUT2D eigenvalue weighted by Gasteiger charge is 2.63. The van der Waals surface area contributed by atoms with Gasteiger partial charge >= 0.3 is 0 Å². The molecule has 0 heterocycles. The summed E-state index contributed by atoms with van der Waals surface area (Å²) in [4.78, 5) is 0. The Kier molecular flexibility index (Phi) is 5.52. The molecule has 5 unspecified atom stereocenters. The van der Waals surface area contributed by atoms with E-state index in [1.807, 2.05) is 0 Å². The second-order valence-electron chi connectivity index (χ2n) is 9.43. The molecule has 4 aliphatic carbocycles. The third-order valence-corrected chi connectivity index (χ3v) is 9.22. The highest BCUT2D eigenvalue weighted by molar-refractivity contribution is 14.1. The maximum absolute atomic E-state index is 9.22. The number of nitrogens with zero attached hydrogens (tertiary/aromatic N) is 1. The summed E-state index contributed by atoms with van der Waals surface area (Å²) in [6.45, 7) is 10.2. The molecule has 1 N–H and O–H groups in total. The number of fused-ring (bicyclic) bond motifs is 5. The van der Waals surface area contributed by atoms with Gasteiger partial charge in [-0.2, -0.15) is 0 Å². The average molecular weight is 483 g/mol. The number of allylic oxidation sites excluding steroid dienone is 3. The molecule has 0 aromatic rings. The van der Waals surface area contributed by atoms with E-state index in [1.54, 1.807) is 0 Å². The second kappa shape index (κ2) is 7.47. The Bertz CT molecular complexity index is 671. The Morgan fingerprint density at radius 2 is 2.11 bits per heavy atom. The van der Waals surface area contributed by atoms with Crippen molar-refractivity contribution in [2.24, 2.45) is 34.2 Å². The van der Waals surface area contributed by atoms with Crippen LogP contribution in [0.5, 0.6) is 0 Å². The van der Waals surface area contributed by atoms with E-state index >= 15 is 0 Å². The van der Waals surface area contributed by atoms with E-state index in [0.717, 1.165) is 53.8 Å². The first kappa shape index (κ1) is 19.9. The summed E-state index contributed by atoms with van der Waals surface area (Å²) < 4.78 is 7.64. The van der Waals surface area contributed by atoms with Crippen LogP contribution in [-0.4, -0.2) is 27.6 Å². The van der Waals surface area contributed by atoms with E-state index in [0.29, 0.717) is 11.3 Å². The first-order chi connectivity index (χ1) is 13.0. The van der Waals surface area contributed by atoms with Crippen LogP contribution in [-0.2, 0) is 4.74 Å².